The third-order valence-electron chi connectivity index (χ3n) is 2.67. The van der Waals surface area contributed by atoms with Gasteiger partial charge in [-0.15, -0.1) is 0 Å². The van der Waals surface area contributed by atoms with Gasteiger partial charge in [-0.05, 0) is 25.7 Å². The second kappa shape index (κ2) is 5.81. The van der Waals surface area contributed by atoms with Crippen LogP contribution in [0.4, 0.5) is 22.0 Å². The van der Waals surface area contributed by atoms with Crippen molar-refractivity contribution in [3.63, 3.8) is 0 Å². The number of halogens is 5. The van der Waals surface area contributed by atoms with E-state index in [0.717, 1.165) is 19.3 Å². The Labute approximate surface area is 101 Å². The quantitative estimate of drug-likeness (QED) is 0.799. The summed E-state index contributed by atoms with van der Waals surface area (Å²) in [5.41, 5.74) is 0. The largest absolute Gasteiger partial charge is 0.463 e. The normalized spacial score (nSPS) is 21.7. The molecule has 1 N–H and O–H groups in total. The Morgan fingerprint density at radius 3 is 2.39 bits per heavy atom. The highest BCUT2D eigenvalue weighted by Gasteiger charge is 2.63. The van der Waals surface area contributed by atoms with Gasteiger partial charge in [0.05, 0.1) is 6.10 Å². The molecule has 1 saturated heterocycles. The van der Waals surface area contributed by atoms with Crippen LogP contribution >= 0.6 is 0 Å². The summed E-state index contributed by atoms with van der Waals surface area (Å²) >= 11 is 0. The van der Waals surface area contributed by atoms with Crippen molar-refractivity contribution in [1.82, 2.24) is 5.32 Å². The molecule has 0 aromatic rings. The number of rotatable bonds is 4. The third kappa shape index (κ3) is 3.79. The van der Waals surface area contributed by atoms with Gasteiger partial charge in [-0.2, -0.15) is 22.0 Å². The van der Waals surface area contributed by atoms with Gasteiger partial charge in [0.25, 0.3) is 5.91 Å². The lowest BCUT2D eigenvalue weighted by Gasteiger charge is -2.23. The van der Waals surface area contributed by atoms with Crippen LogP contribution in [0, 0.1) is 0 Å². The second-order valence-electron chi connectivity index (χ2n) is 4.11. The molecule has 0 aromatic heterocycles. The lowest BCUT2D eigenvalue weighted by Crippen LogP contribution is -2.50. The maximum absolute atomic E-state index is 12.5. The number of hydrogen-bond donors (Lipinski definition) is 1. The zero-order valence-corrected chi connectivity index (χ0v) is 9.53. The standard InChI is InChI=1S/C10H14F5NO2/c11-9(12,10(13,14)15)8(17)16-5-4-7-3-1-2-6-18-7/h7H,1-6H2,(H,16,17). The van der Waals surface area contributed by atoms with Crippen LogP contribution in [0.15, 0.2) is 0 Å². The summed E-state index contributed by atoms with van der Waals surface area (Å²) in [5.74, 6) is -7.66. The minimum Gasteiger partial charge on any atom is -0.378 e. The monoisotopic (exact) mass is 275 g/mol. The van der Waals surface area contributed by atoms with Crippen LogP contribution in [0.1, 0.15) is 25.7 Å². The van der Waals surface area contributed by atoms with Crippen LogP contribution in [-0.4, -0.2) is 37.3 Å². The minimum atomic E-state index is -5.86. The first kappa shape index (κ1) is 15.1. The molecule has 0 spiro atoms. The fourth-order valence-electron chi connectivity index (χ4n) is 1.62. The maximum Gasteiger partial charge on any atom is 0.463 e. The van der Waals surface area contributed by atoms with Crippen molar-refractivity contribution in [2.45, 2.75) is 43.9 Å². The molecule has 1 fully saturated rings. The van der Waals surface area contributed by atoms with Crippen LogP contribution in [-0.2, 0) is 9.53 Å². The molecule has 0 saturated carbocycles. The molecule has 0 aliphatic carbocycles. The summed E-state index contributed by atoms with van der Waals surface area (Å²) in [6.45, 7) is 0.298. The van der Waals surface area contributed by atoms with Crippen LogP contribution in [0.5, 0.6) is 0 Å². The summed E-state index contributed by atoms with van der Waals surface area (Å²) in [6, 6.07) is 0. The molecule has 0 bridgehead atoms. The van der Waals surface area contributed by atoms with E-state index in [2.05, 4.69) is 0 Å². The molecular weight excluding hydrogens is 261 g/mol. The number of carbonyl (C=O) groups excluding carboxylic acids is 1. The molecule has 106 valence electrons. The Bertz CT molecular complexity index is 286. The molecule has 1 rings (SSSR count). The molecule has 8 heteroatoms. The molecule has 3 nitrogen and oxygen atoms in total. The maximum atomic E-state index is 12.5. The van der Waals surface area contributed by atoms with Crippen molar-refractivity contribution in [3.05, 3.63) is 0 Å². The minimum absolute atomic E-state index is 0.182. The molecule has 18 heavy (non-hydrogen) atoms. The third-order valence-corrected chi connectivity index (χ3v) is 2.67. The number of amides is 1. The SMILES string of the molecule is O=C(NCCC1CCCCO1)C(F)(F)C(F)(F)F. The highest BCUT2D eigenvalue weighted by Crippen LogP contribution is 2.35. The van der Waals surface area contributed by atoms with Gasteiger partial charge in [0.15, 0.2) is 0 Å². The molecular formula is C10H14F5NO2. The van der Waals surface area contributed by atoms with E-state index in [0.29, 0.717) is 6.61 Å². The molecule has 1 unspecified atom stereocenters. The first-order chi connectivity index (χ1) is 8.25. The topological polar surface area (TPSA) is 38.3 Å². The van der Waals surface area contributed by atoms with Crippen molar-refractivity contribution in [3.8, 4) is 0 Å². The average Bonchev–Trinajstić information content (AvgIpc) is 2.28. The zero-order valence-electron chi connectivity index (χ0n) is 9.53. The second-order valence-corrected chi connectivity index (χ2v) is 4.11. The van der Waals surface area contributed by atoms with E-state index in [-0.39, 0.29) is 19.1 Å². The fourth-order valence-corrected chi connectivity index (χ4v) is 1.62. The van der Waals surface area contributed by atoms with Crippen molar-refractivity contribution < 1.29 is 31.5 Å². The smallest absolute Gasteiger partial charge is 0.378 e. The van der Waals surface area contributed by atoms with Crippen LogP contribution < -0.4 is 5.32 Å². The van der Waals surface area contributed by atoms with E-state index in [1.54, 1.807) is 5.32 Å². The number of nitrogens with one attached hydrogen (secondary N) is 1. The van der Waals surface area contributed by atoms with E-state index in [1.807, 2.05) is 0 Å². The van der Waals surface area contributed by atoms with Gasteiger partial charge < -0.3 is 10.1 Å². The lowest BCUT2D eigenvalue weighted by molar-refractivity contribution is -0.269. The van der Waals surface area contributed by atoms with Crippen molar-refractivity contribution in [2.24, 2.45) is 0 Å². The number of alkyl halides is 5. The molecule has 1 heterocycles. The predicted octanol–water partition coefficient (Wildman–Crippen LogP) is 2.26. The van der Waals surface area contributed by atoms with Gasteiger partial charge in [0.2, 0.25) is 0 Å². The number of ether oxygens (including phenoxy) is 1. The van der Waals surface area contributed by atoms with Crippen LogP contribution in [0.3, 0.4) is 0 Å². The Morgan fingerprint density at radius 2 is 1.89 bits per heavy atom. The van der Waals surface area contributed by atoms with E-state index in [9.17, 15) is 26.7 Å². The molecule has 1 amide bonds. The summed E-state index contributed by atoms with van der Waals surface area (Å²) in [4.78, 5) is 10.7. The lowest BCUT2D eigenvalue weighted by atomic mass is 10.1. The Hall–Kier alpha value is -0.920. The van der Waals surface area contributed by atoms with Crippen LogP contribution in [0.25, 0.3) is 0 Å². The predicted molar refractivity (Wildman–Crippen MR) is 52.2 cm³/mol. The molecule has 0 aromatic carbocycles. The molecule has 1 aliphatic heterocycles. The molecule has 1 aliphatic rings. The van der Waals surface area contributed by atoms with Crippen molar-refractivity contribution in [1.29, 1.82) is 0 Å². The van der Waals surface area contributed by atoms with Gasteiger partial charge in [-0.3, -0.25) is 4.79 Å². The van der Waals surface area contributed by atoms with Gasteiger partial charge in [-0.25, -0.2) is 0 Å². The first-order valence-electron chi connectivity index (χ1n) is 5.59. The molecule has 1 atom stereocenters. The van der Waals surface area contributed by atoms with E-state index in [4.69, 9.17) is 4.74 Å². The summed E-state index contributed by atoms with van der Waals surface area (Å²) in [5, 5.41) is 1.59. The Morgan fingerprint density at radius 1 is 1.22 bits per heavy atom. The first-order valence-corrected chi connectivity index (χ1v) is 5.59. The number of carbonyl (C=O) groups is 1. The van der Waals surface area contributed by atoms with Gasteiger partial charge >= 0.3 is 12.1 Å². The zero-order chi connectivity index (χ0) is 13.8. The van der Waals surface area contributed by atoms with E-state index >= 15 is 0 Å². The summed E-state index contributed by atoms with van der Waals surface area (Å²) in [7, 11) is 0. The van der Waals surface area contributed by atoms with E-state index in [1.165, 1.54) is 0 Å². The average molecular weight is 275 g/mol. The summed E-state index contributed by atoms with van der Waals surface area (Å²) < 4.78 is 65.8. The van der Waals surface area contributed by atoms with Gasteiger partial charge in [0, 0.05) is 13.2 Å². The van der Waals surface area contributed by atoms with Gasteiger partial charge in [-0.1, -0.05) is 0 Å². The fraction of sp³-hybridized carbons (Fsp3) is 0.900. The highest BCUT2D eigenvalue weighted by molar-refractivity contribution is 5.84. The number of hydrogen-bond acceptors (Lipinski definition) is 2. The summed E-state index contributed by atoms with van der Waals surface area (Å²) in [6.07, 6.45) is -3.24. The van der Waals surface area contributed by atoms with E-state index < -0.39 is 18.0 Å². The van der Waals surface area contributed by atoms with Crippen LogP contribution in [0.2, 0.25) is 0 Å². The van der Waals surface area contributed by atoms with Gasteiger partial charge in [0.1, 0.15) is 0 Å². The Balaban J connectivity index is 2.32. The van der Waals surface area contributed by atoms with Crippen molar-refractivity contribution in [2.75, 3.05) is 13.2 Å². The Kier molecular flexibility index (Phi) is 4.89. The highest BCUT2D eigenvalue weighted by atomic mass is 19.4. The molecule has 0 radical (unpaired) electrons. The van der Waals surface area contributed by atoms with Crippen molar-refractivity contribution >= 4 is 5.91 Å².